The molecule has 1 aromatic rings. The van der Waals surface area contributed by atoms with Crippen LogP contribution in [0.3, 0.4) is 0 Å². The molecule has 0 aromatic carbocycles. The SMILES string of the molecule is NC(=NCC1(c2ccccn2)CCC1)NC1CCC1. The number of aliphatic imine (C=N–C) groups is 1. The van der Waals surface area contributed by atoms with Crippen molar-refractivity contribution in [1.29, 1.82) is 0 Å². The number of rotatable bonds is 4. The fourth-order valence-corrected chi connectivity index (χ4v) is 2.82. The minimum Gasteiger partial charge on any atom is -0.370 e. The topological polar surface area (TPSA) is 63.3 Å². The van der Waals surface area contributed by atoms with Crippen molar-refractivity contribution in [2.75, 3.05) is 6.54 Å². The van der Waals surface area contributed by atoms with Crippen LogP contribution in [0.25, 0.3) is 0 Å². The third kappa shape index (κ3) is 2.57. The lowest BCUT2D eigenvalue weighted by Gasteiger charge is -2.40. The molecule has 0 saturated heterocycles. The zero-order chi connectivity index (χ0) is 13.1. The summed E-state index contributed by atoms with van der Waals surface area (Å²) >= 11 is 0. The highest BCUT2D eigenvalue weighted by Crippen LogP contribution is 2.42. The fraction of sp³-hybridized carbons (Fsp3) is 0.600. The van der Waals surface area contributed by atoms with E-state index in [0.717, 1.165) is 6.54 Å². The maximum atomic E-state index is 5.97. The van der Waals surface area contributed by atoms with Gasteiger partial charge in [0.1, 0.15) is 0 Å². The summed E-state index contributed by atoms with van der Waals surface area (Å²) in [6.45, 7) is 0.759. The van der Waals surface area contributed by atoms with E-state index in [9.17, 15) is 0 Å². The van der Waals surface area contributed by atoms with Crippen LogP contribution in [0.2, 0.25) is 0 Å². The number of hydrogen-bond acceptors (Lipinski definition) is 2. The molecule has 2 saturated carbocycles. The van der Waals surface area contributed by atoms with Crippen LogP contribution in [0.15, 0.2) is 29.4 Å². The van der Waals surface area contributed by atoms with E-state index in [1.54, 1.807) is 0 Å². The van der Waals surface area contributed by atoms with Crippen LogP contribution in [0.1, 0.15) is 44.2 Å². The van der Waals surface area contributed by atoms with Crippen molar-refractivity contribution in [3.05, 3.63) is 30.1 Å². The highest BCUT2D eigenvalue weighted by Gasteiger charge is 2.39. The molecule has 3 rings (SSSR count). The molecule has 4 heteroatoms. The van der Waals surface area contributed by atoms with Gasteiger partial charge in [-0.25, -0.2) is 0 Å². The number of aromatic nitrogens is 1. The summed E-state index contributed by atoms with van der Waals surface area (Å²) < 4.78 is 0. The minimum absolute atomic E-state index is 0.132. The molecule has 0 bridgehead atoms. The van der Waals surface area contributed by atoms with E-state index >= 15 is 0 Å². The Bertz CT molecular complexity index is 446. The van der Waals surface area contributed by atoms with E-state index < -0.39 is 0 Å². The maximum absolute atomic E-state index is 5.97. The summed E-state index contributed by atoms with van der Waals surface area (Å²) in [6, 6.07) is 6.69. The highest BCUT2D eigenvalue weighted by atomic mass is 15.1. The Morgan fingerprint density at radius 3 is 2.74 bits per heavy atom. The van der Waals surface area contributed by atoms with Gasteiger partial charge in [-0.05, 0) is 44.2 Å². The van der Waals surface area contributed by atoms with Crippen molar-refractivity contribution in [3.63, 3.8) is 0 Å². The molecule has 0 spiro atoms. The molecule has 2 aliphatic rings. The summed E-state index contributed by atoms with van der Waals surface area (Å²) in [7, 11) is 0. The van der Waals surface area contributed by atoms with Crippen LogP contribution in [0, 0.1) is 0 Å². The predicted molar refractivity (Wildman–Crippen MR) is 77.0 cm³/mol. The largest absolute Gasteiger partial charge is 0.370 e. The van der Waals surface area contributed by atoms with Gasteiger partial charge in [0.2, 0.25) is 0 Å². The number of nitrogens with one attached hydrogen (secondary N) is 1. The monoisotopic (exact) mass is 258 g/mol. The van der Waals surface area contributed by atoms with Crippen molar-refractivity contribution in [1.82, 2.24) is 10.3 Å². The Kier molecular flexibility index (Phi) is 3.40. The predicted octanol–water partition coefficient (Wildman–Crippen LogP) is 1.96. The fourth-order valence-electron chi connectivity index (χ4n) is 2.82. The molecule has 0 unspecified atom stereocenters. The van der Waals surface area contributed by atoms with Gasteiger partial charge in [0.25, 0.3) is 0 Å². The average molecular weight is 258 g/mol. The molecule has 4 nitrogen and oxygen atoms in total. The molecule has 3 N–H and O–H groups in total. The molecule has 0 atom stereocenters. The van der Waals surface area contributed by atoms with E-state index in [1.165, 1.54) is 44.2 Å². The van der Waals surface area contributed by atoms with Crippen LogP contribution in [-0.2, 0) is 5.41 Å². The Balaban J connectivity index is 1.64. The summed E-state index contributed by atoms with van der Waals surface area (Å²) in [5, 5.41) is 3.30. The Morgan fingerprint density at radius 2 is 2.21 bits per heavy atom. The normalized spacial score (nSPS) is 22.4. The zero-order valence-electron chi connectivity index (χ0n) is 11.3. The van der Waals surface area contributed by atoms with E-state index in [1.807, 2.05) is 12.3 Å². The lowest BCUT2D eigenvalue weighted by Crippen LogP contribution is -2.45. The average Bonchev–Trinajstić information content (AvgIpc) is 2.34. The van der Waals surface area contributed by atoms with Gasteiger partial charge in [-0.2, -0.15) is 0 Å². The van der Waals surface area contributed by atoms with E-state index in [2.05, 4.69) is 27.4 Å². The first-order chi connectivity index (χ1) is 9.28. The second-order valence-electron chi connectivity index (χ2n) is 5.82. The van der Waals surface area contributed by atoms with Crippen molar-refractivity contribution in [2.45, 2.75) is 50.0 Å². The van der Waals surface area contributed by atoms with Gasteiger partial charge in [-0.3, -0.25) is 9.98 Å². The molecule has 0 aliphatic heterocycles. The standard InChI is InChI=1S/C15H22N4/c16-14(19-12-5-3-6-12)18-11-15(8-4-9-15)13-7-1-2-10-17-13/h1-2,7,10,12H,3-6,8-9,11H2,(H3,16,18,19). The van der Waals surface area contributed by atoms with Gasteiger partial charge in [0.15, 0.2) is 5.96 Å². The number of nitrogens with two attached hydrogens (primary N) is 1. The van der Waals surface area contributed by atoms with Gasteiger partial charge >= 0.3 is 0 Å². The Morgan fingerprint density at radius 1 is 1.37 bits per heavy atom. The summed E-state index contributed by atoms with van der Waals surface area (Å²) in [5.74, 6) is 0.604. The molecule has 2 fully saturated rings. The van der Waals surface area contributed by atoms with E-state index in [4.69, 9.17) is 5.73 Å². The van der Waals surface area contributed by atoms with Gasteiger partial charge in [-0.1, -0.05) is 12.5 Å². The van der Waals surface area contributed by atoms with Gasteiger partial charge < -0.3 is 11.1 Å². The van der Waals surface area contributed by atoms with Crippen LogP contribution >= 0.6 is 0 Å². The third-order valence-electron chi connectivity index (χ3n) is 4.53. The van der Waals surface area contributed by atoms with Crippen molar-refractivity contribution >= 4 is 5.96 Å². The number of nitrogens with zero attached hydrogens (tertiary/aromatic N) is 2. The van der Waals surface area contributed by atoms with Crippen LogP contribution < -0.4 is 11.1 Å². The van der Waals surface area contributed by atoms with E-state index in [-0.39, 0.29) is 5.41 Å². The summed E-state index contributed by atoms with van der Waals surface area (Å²) in [4.78, 5) is 9.07. The van der Waals surface area contributed by atoms with Crippen molar-refractivity contribution in [3.8, 4) is 0 Å². The summed E-state index contributed by atoms with van der Waals surface area (Å²) in [5.41, 5.74) is 7.27. The van der Waals surface area contributed by atoms with Crippen molar-refractivity contribution in [2.24, 2.45) is 10.7 Å². The molecule has 0 amide bonds. The second kappa shape index (κ2) is 5.19. The molecule has 1 heterocycles. The number of hydrogen-bond donors (Lipinski definition) is 2. The quantitative estimate of drug-likeness (QED) is 0.641. The molecular weight excluding hydrogens is 236 g/mol. The molecule has 1 aromatic heterocycles. The number of pyridine rings is 1. The first-order valence-corrected chi connectivity index (χ1v) is 7.26. The van der Waals surface area contributed by atoms with Crippen molar-refractivity contribution < 1.29 is 0 Å². The first-order valence-electron chi connectivity index (χ1n) is 7.26. The second-order valence-corrected chi connectivity index (χ2v) is 5.82. The smallest absolute Gasteiger partial charge is 0.188 e. The van der Waals surface area contributed by atoms with E-state index in [0.29, 0.717) is 12.0 Å². The van der Waals surface area contributed by atoms with Gasteiger partial charge in [0, 0.05) is 23.3 Å². The van der Waals surface area contributed by atoms with Crippen LogP contribution in [0.4, 0.5) is 0 Å². The minimum atomic E-state index is 0.132. The number of guanidine groups is 1. The molecule has 0 radical (unpaired) electrons. The maximum Gasteiger partial charge on any atom is 0.188 e. The van der Waals surface area contributed by atoms with Crippen LogP contribution in [0.5, 0.6) is 0 Å². The van der Waals surface area contributed by atoms with Gasteiger partial charge in [-0.15, -0.1) is 0 Å². The third-order valence-corrected chi connectivity index (χ3v) is 4.53. The van der Waals surface area contributed by atoms with Gasteiger partial charge in [0.05, 0.1) is 6.54 Å². The lowest BCUT2D eigenvalue weighted by atomic mass is 9.66. The highest BCUT2D eigenvalue weighted by molar-refractivity contribution is 5.78. The van der Waals surface area contributed by atoms with Crippen LogP contribution in [-0.4, -0.2) is 23.5 Å². The summed E-state index contributed by atoms with van der Waals surface area (Å²) in [6.07, 6.45) is 9.23. The molecule has 102 valence electrons. The first kappa shape index (κ1) is 12.5. The zero-order valence-corrected chi connectivity index (χ0v) is 11.3. The Labute approximate surface area is 114 Å². The molecule has 19 heavy (non-hydrogen) atoms. The molecule has 2 aliphatic carbocycles. The lowest BCUT2D eigenvalue weighted by molar-refractivity contribution is 0.246. The molecular formula is C15H22N4. The Hall–Kier alpha value is -1.58.